The van der Waals surface area contributed by atoms with Crippen LogP contribution in [0, 0.1) is 6.92 Å². The molecule has 244 valence electrons. The molecular weight excluding hydrogens is 637 g/mol. The van der Waals surface area contributed by atoms with E-state index in [1.54, 1.807) is 0 Å². The van der Waals surface area contributed by atoms with Gasteiger partial charge >= 0.3 is 0 Å². The third kappa shape index (κ3) is 4.01. The fourth-order valence-corrected chi connectivity index (χ4v) is 9.60. The largest absolute Gasteiger partial charge is 0.0622 e. The molecule has 0 heterocycles. The minimum Gasteiger partial charge on any atom is -0.0622 e. The molecule has 0 heteroatoms. The van der Waals surface area contributed by atoms with Crippen molar-refractivity contribution in [3.8, 4) is 55.6 Å². The third-order valence-electron chi connectivity index (χ3n) is 12.0. The molecular formula is C53H32. The van der Waals surface area contributed by atoms with Crippen molar-refractivity contribution >= 4 is 64.6 Å². The van der Waals surface area contributed by atoms with E-state index in [0.29, 0.717) is 0 Å². The highest BCUT2D eigenvalue weighted by Gasteiger charge is 2.27. The van der Waals surface area contributed by atoms with Crippen LogP contribution in [0.5, 0.6) is 0 Å². The first-order valence-electron chi connectivity index (χ1n) is 18.6. The van der Waals surface area contributed by atoms with Gasteiger partial charge in [-0.25, -0.2) is 0 Å². The minimum absolute atomic E-state index is 1.23. The molecule has 0 fully saturated rings. The van der Waals surface area contributed by atoms with Gasteiger partial charge in [0, 0.05) is 0 Å². The Hall–Kier alpha value is -6.76. The monoisotopic (exact) mass is 668 g/mol. The maximum atomic E-state index is 2.51. The number of benzene rings is 11. The van der Waals surface area contributed by atoms with Gasteiger partial charge in [0.2, 0.25) is 0 Å². The zero-order chi connectivity index (χ0) is 34.8. The first-order chi connectivity index (χ1) is 26.2. The minimum atomic E-state index is 1.23. The lowest BCUT2D eigenvalue weighted by atomic mass is 9.84. The Morgan fingerprint density at radius 3 is 1.70 bits per heavy atom. The fraction of sp³-hybridized carbons (Fsp3) is 0.0189. The standard InChI is InChI=1S/C53H32/c1-31-15-21-42-44(27-31)49-30-47-40-23-20-37(32-9-4-2-5-10-32)28-45(40)46(29-48(47)43-26-25-38(52(42)53(43)49)33-11-6-3-7-12-33)39-22-18-36-17-16-34-13-8-14-35-19-24-41(39)51(36)50(34)35/h2-30H,1H3. The zero-order valence-electron chi connectivity index (χ0n) is 29.2. The van der Waals surface area contributed by atoms with Crippen LogP contribution < -0.4 is 0 Å². The van der Waals surface area contributed by atoms with E-state index in [4.69, 9.17) is 0 Å². The molecule has 0 N–H and O–H groups in total. The maximum absolute atomic E-state index is 2.51. The molecule has 0 aliphatic heterocycles. The molecule has 0 bridgehead atoms. The summed E-state index contributed by atoms with van der Waals surface area (Å²) in [6.07, 6.45) is 0. The molecule has 12 rings (SSSR count). The van der Waals surface area contributed by atoms with E-state index in [1.165, 1.54) is 126 Å². The van der Waals surface area contributed by atoms with Crippen LogP contribution in [0.25, 0.3) is 120 Å². The van der Waals surface area contributed by atoms with Crippen molar-refractivity contribution in [3.05, 3.63) is 181 Å². The van der Waals surface area contributed by atoms with Gasteiger partial charge in [0.25, 0.3) is 0 Å². The van der Waals surface area contributed by atoms with Crippen molar-refractivity contribution in [1.29, 1.82) is 0 Å². The Morgan fingerprint density at radius 2 is 0.887 bits per heavy atom. The van der Waals surface area contributed by atoms with Crippen LogP contribution in [0.4, 0.5) is 0 Å². The zero-order valence-corrected chi connectivity index (χ0v) is 29.2. The highest BCUT2D eigenvalue weighted by atomic mass is 14.3. The molecule has 0 spiro atoms. The van der Waals surface area contributed by atoms with Crippen LogP contribution in [-0.4, -0.2) is 0 Å². The number of fused-ring (bicyclic) bond motifs is 7. The van der Waals surface area contributed by atoms with E-state index < -0.39 is 0 Å². The van der Waals surface area contributed by atoms with Gasteiger partial charge in [0.1, 0.15) is 0 Å². The average Bonchev–Trinajstić information content (AvgIpc) is 3.54. The Balaban J connectivity index is 1.25. The van der Waals surface area contributed by atoms with Crippen LogP contribution in [0.3, 0.4) is 0 Å². The average molecular weight is 669 g/mol. The summed E-state index contributed by atoms with van der Waals surface area (Å²) in [5, 5.41) is 15.7. The molecule has 1 aliphatic rings. The molecule has 0 saturated heterocycles. The van der Waals surface area contributed by atoms with Gasteiger partial charge in [-0.2, -0.15) is 0 Å². The summed E-state index contributed by atoms with van der Waals surface area (Å²) in [7, 11) is 0. The quantitative estimate of drug-likeness (QED) is 0.164. The molecule has 11 aromatic carbocycles. The Kier molecular flexibility index (Phi) is 5.80. The molecule has 0 amide bonds. The number of hydrogen-bond donors (Lipinski definition) is 0. The van der Waals surface area contributed by atoms with E-state index in [0.717, 1.165) is 0 Å². The van der Waals surface area contributed by atoms with E-state index in [2.05, 4.69) is 183 Å². The summed E-state index contributed by atoms with van der Waals surface area (Å²) in [5.41, 5.74) is 14.2. The third-order valence-corrected chi connectivity index (χ3v) is 12.0. The van der Waals surface area contributed by atoms with E-state index >= 15 is 0 Å². The van der Waals surface area contributed by atoms with Gasteiger partial charge in [-0.05, 0) is 145 Å². The van der Waals surface area contributed by atoms with Crippen molar-refractivity contribution in [2.75, 3.05) is 0 Å². The maximum Gasteiger partial charge on any atom is -0.00137 e. The lowest BCUT2D eigenvalue weighted by Gasteiger charge is -2.19. The summed E-state index contributed by atoms with van der Waals surface area (Å²) in [4.78, 5) is 0. The second-order valence-electron chi connectivity index (χ2n) is 14.9. The first-order valence-corrected chi connectivity index (χ1v) is 18.6. The summed E-state index contributed by atoms with van der Waals surface area (Å²) in [6.45, 7) is 2.21. The lowest BCUT2D eigenvalue weighted by molar-refractivity contribution is 1.48. The molecule has 0 radical (unpaired) electrons. The highest BCUT2D eigenvalue weighted by molar-refractivity contribution is 6.32. The van der Waals surface area contributed by atoms with Crippen molar-refractivity contribution in [2.24, 2.45) is 0 Å². The lowest BCUT2D eigenvalue weighted by Crippen LogP contribution is -1.91. The Labute approximate surface area is 307 Å². The molecule has 0 atom stereocenters. The van der Waals surface area contributed by atoms with Gasteiger partial charge < -0.3 is 0 Å². The summed E-state index contributed by atoms with van der Waals surface area (Å²) in [6, 6.07) is 66.2. The Bertz CT molecular complexity index is 3300. The van der Waals surface area contributed by atoms with Crippen LogP contribution in [0.1, 0.15) is 5.56 Å². The molecule has 0 aromatic heterocycles. The van der Waals surface area contributed by atoms with Crippen LogP contribution >= 0.6 is 0 Å². The first kappa shape index (κ1) is 28.9. The molecule has 53 heavy (non-hydrogen) atoms. The molecule has 0 unspecified atom stereocenters. The second kappa shape index (κ2) is 10.6. The van der Waals surface area contributed by atoms with Crippen molar-refractivity contribution < 1.29 is 0 Å². The predicted octanol–water partition coefficient (Wildman–Crippen LogP) is 15.0. The topological polar surface area (TPSA) is 0 Å². The van der Waals surface area contributed by atoms with Crippen molar-refractivity contribution in [2.45, 2.75) is 6.92 Å². The SMILES string of the molecule is Cc1ccc2c(c1)-c1cc3c4ccc(-c5ccccc5)cc4c(-c4ccc5ccc6cccc7ccc4c5c67)cc3c3ccc(-c4ccccc4)c-2c13. The van der Waals surface area contributed by atoms with Gasteiger partial charge in [-0.15, -0.1) is 0 Å². The second-order valence-corrected chi connectivity index (χ2v) is 14.9. The molecule has 0 saturated carbocycles. The van der Waals surface area contributed by atoms with Crippen LogP contribution in [0.2, 0.25) is 0 Å². The number of aryl methyl sites for hydroxylation is 1. The van der Waals surface area contributed by atoms with Crippen molar-refractivity contribution in [3.63, 3.8) is 0 Å². The Morgan fingerprint density at radius 1 is 0.264 bits per heavy atom. The van der Waals surface area contributed by atoms with Gasteiger partial charge in [-0.3, -0.25) is 0 Å². The van der Waals surface area contributed by atoms with Gasteiger partial charge in [-0.1, -0.05) is 163 Å². The molecule has 0 nitrogen and oxygen atoms in total. The van der Waals surface area contributed by atoms with E-state index in [9.17, 15) is 0 Å². The van der Waals surface area contributed by atoms with Gasteiger partial charge in [0.15, 0.2) is 0 Å². The van der Waals surface area contributed by atoms with Crippen LogP contribution in [-0.2, 0) is 0 Å². The van der Waals surface area contributed by atoms with Gasteiger partial charge in [0.05, 0.1) is 0 Å². The van der Waals surface area contributed by atoms with Crippen molar-refractivity contribution in [1.82, 2.24) is 0 Å². The highest BCUT2D eigenvalue weighted by Crippen LogP contribution is 2.54. The normalized spacial score (nSPS) is 12.2. The molecule has 11 aromatic rings. The summed E-state index contributed by atoms with van der Waals surface area (Å²) in [5.74, 6) is 0. The van der Waals surface area contributed by atoms with Crippen LogP contribution in [0.15, 0.2) is 176 Å². The molecule has 1 aliphatic carbocycles. The fourth-order valence-electron chi connectivity index (χ4n) is 9.60. The predicted molar refractivity (Wildman–Crippen MR) is 228 cm³/mol. The summed E-state index contributed by atoms with van der Waals surface area (Å²) < 4.78 is 0. The number of rotatable bonds is 3. The smallest absolute Gasteiger partial charge is 0.00137 e. The van der Waals surface area contributed by atoms with E-state index in [1.807, 2.05) is 0 Å². The van der Waals surface area contributed by atoms with E-state index in [-0.39, 0.29) is 0 Å². The number of hydrogen-bond acceptors (Lipinski definition) is 0. The summed E-state index contributed by atoms with van der Waals surface area (Å²) >= 11 is 0.